The summed E-state index contributed by atoms with van der Waals surface area (Å²) in [7, 11) is 2.57. The van der Waals surface area contributed by atoms with Crippen LogP contribution in [-0.2, 0) is 4.79 Å². The van der Waals surface area contributed by atoms with E-state index in [1.165, 1.54) is 4.57 Å². The van der Waals surface area contributed by atoms with Crippen molar-refractivity contribution in [2.45, 2.75) is 53.9 Å². The third-order valence-corrected chi connectivity index (χ3v) is 4.94. The third-order valence-electron chi connectivity index (χ3n) is 4.94. The van der Waals surface area contributed by atoms with Gasteiger partial charge in [-0.05, 0) is 54.2 Å². The number of aromatic nitrogens is 3. The lowest BCUT2D eigenvalue weighted by Gasteiger charge is -2.15. The first kappa shape index (κ1) is 31.4. The number of aliphatic hydroxyl groups excluding tert-OH is 1. The van der Waals surface area contributed by atoms with E-state index in [1.807, 2.05) is 71.7 Å². The maximum Gasteiger partial charge on any atom is 0.348 e. The SMILES string of the molecule is C=O.CC.CC/C=C\c1cc(-n2c(-c3cc(C(C)C)c(OC)cc3O)n[nH]c2=O)ccc1C.CO. The largest absolute Gasteiger partial charge is 0.507 e. The summed E-state index contributed by atoms with van der Waals surface area (Å²) in [6.07, 6.45) is 5.05. The number of aromatic hydroxyl groups is 1. The molecular formula is C27H39N3O5. The second kappa shape index (κ2) is 16.1. The molecule has 0 bridgehead atoms. The number of hydrogen-bond donors (Lipinski definition) is 3. The molecule has 3 aromatic rings. The van der Waals surface area contributed by atoms with E-state index in [1.54, 1.807) is 13.2 Å². The molecule has 0 aliphatic carbocycles. The fourth-order valence-electron chi connectivity index (χ4n) is 3.30. The maximum atomic E-state index is 12.6. The number of nitrogens with zero attached hydrogens (tertiary/aromatic N) is 2. The average molecular weight is 486 g/mol. The Morgan fingerprint density at radius 3 is 2.34 bits per heavy atom. The normalized spacial score (nSPS) is 10.0. The molecule has 0 amide bonds. The van der Waals surface area contributed by atoms with Crippen LogP contribution >= 0.6 is 0 Å². The molecule has 0 saturated heterocycles. The van der Waals surface area contributed by atoms with Crippen LogP contribution in [0.4, 0.5) is 0 Å². The summed E-state index contributed by atoms with van der Waals surface area (Å²) >= 11 is 0. The van der Waals surface area contributed by atoms with Gasteiger partial charge in [-0.1, -0.05) is 52.8 Å². The van der Waals surface area contributed by atoms with Crippen LogP contribution in [0.5, 0.6) is 11.5 Å². The molecule has 0 atom stereocenters. The molecule has 0 radical (unpaired) electrons. The Morgan fingerprint density at radius 2 is 1.80 bits per heavy atom. The zero-order valence-corrected chi connectivity index (χ0v) is 22.0. The van der Waals surface area contributed by atoms with Gasteiger partial charge in [0.05, 0.1) is 18.4 Å². The fourth-order valence-corrected chi connectivity index (χ4v) is 3.30. The van der Waals surface area contributed by atoms with Gasteiger partial charge in [-0.25, -0.2) is 14.5 Å². The molecule has 0 aliphatic heterocycles. The van der Waals surface area contributed by atoms with Gasteiger partial charge >= 0.3 is 5.69 Å². The first-order chi connectivity index (χ1) is 16.9. The molecule has 3 N–H and O–H groups in total. The van der Waals surface area contributed by atoms with Crippen molar-refractivity contribution in [2.75, 3.05) is 14.2 Å². The monoisotopic (exact) mass is 485 g/mol. The number of phenols is 1. The number of aryl methyl sites for hydroxylation is 1. The van der Waals surface area contributed by atoms with Crippen molar-refractivity contribution < 1.29 is 19.7 Å². The van der Waals surface area contributed by atoms with Crippen LogP contribution in [0, 0.1) is 6.92 Å². The second-order valence-electron chi connectivity index (χ2n) is 7.31. The van der Waals surface area contributed by atoms with Gasteiger partial charge in [-0.3, -0.25) is 0 Å². The number of phenolic OH excluding ortho intramolecular Hbond substituents is 1. The van der Waals surface area contributed by atoms with E-state index in [-0.39, 0.29) is 17.4 Å². The number of allylic oxidation sites excluding steroid dienone is 1. The lowest BCUT2D eigenvalue weighted by molar-refractivity contribution is -0.0980. The highest BCUT2D eigenvalue weighted by molar-refractivity contribution is 5.70. The van der Waals surface area contributed by atoms with E-state index in [0.29, 0.717) is 22.8 Å². The Balaban J connectivity index is 0.00000179. The lowest BCUT2D eigenvalue weighted by atomic mass is 9.98. The van der Waals surface area contributed by atoms with Crippen LogP contribution in [0.1, 0.15) is 63.6 Å². The predicted molar refractivity (Wildman–Crippen MR) is 143 cm³/mol. The summed E-state index contributed by atoms with van der Waals surface area (Å²) < 4.78 is 6.88. The van der Waals surface area contributed by atoms with Crippen molar-refractivity contribution in [1.82, 2.24) is 14.8 Å². The molecule has 8 nitrogen and oxygen atoms in total. The fraction of sp³-hybridized carbons (Fsp3) is 0.370. The zero-order valence-electron chi connectivity index (χ0n) is 22.0. The molecule has 0 fully saturated rings. The van der Waals surface area contributed by atoms with E-state index in [4.69, 9.17) is 14.6 Å². The first-order valence-electron chi connectivity index (χ1n) is 11.5. The van der Waals surface area contributed by atoms with Crippen molar-refractivity contribution in [3.05, 3.63) is 63.6 Å². The Morgan fingerprint density at radius 1 is 1.17 bits per heavy atom. The van der Waals surface area contributed by atoms with Crippen LogP contribution in [0.2, 0.25) is 0 Å². The number of aromatic amines is 1. The Labute approximate surface area is 207 Å². The molecular weight excluding hydrogens is 446 g/mol. The highest BCUT2D eigenvalue weighted by atomic mass is 16.5. The van der Waals surface area contributed by atoms with Gasteiger partial charge in [0, 0.05) is 13.2 Å². The van der Waals surface area contributed by atoms with Crippen molar-refractivity contribution in [3.63, 3.8) is 0 Å². The Kier molecular flexibility index (Phi) is 14.4. The molecule has 0 unspecified atom stereocenters. The zero-order chi connectivity index (χ0) is 27.1. The number of rotatable bonds is 6. The van der Waals surface area contributed by atoms with Crippen molar-refractivity contribution in [2.24, 2.45) is 0 Å². The molecule has 2 aromatic carbocycles. The minimum Gasteiger partial charge on any atom is -0.507 e. The van der Waals surface area contributed by atoms with Gasteiger partial charge in [0.1, 0.15) is 18.3 Å². The number of H-pyrrole nitrogens is 1. The van der Waals surface area contributed by atoms with Gasteiger partial charge in [0.25, 0.3) is 0 Å². The van der Waals surface area contributed by atoms with Crippen LogP contribution in [0.3, 0.4) is 0 Å². The van der Waals surface area contributed by atoms with Gasteiger partial charge in [0.15, 0.2) is 5.82 Å². The average Bonchev–Trinajstić information content (AvgIpc) is 3.27. The van der Waals surface area contributed by atoms with Crippen LogP contribution in [0.15, 0.2) is 41.2 Å². The minimum absolute atomic E-state index is 0.00436. The van der Waals surface area contributed by atoms with E-state index >= 15 is 0 Å². The first-order valence-corrected chi connectivity index (χ1v) is 11.5. The van der Waals surface area contributed by atoms with Gasteiger partial charge in [-0.2, -0.15) is 5.10 Å². The van der Waals surface area contributed by atoms with Gasteiger partial charge in [0.2, 0.25) is 0 Å². The minimum atomic E-state index is -0.365. The Hall–Kier alpha value is -3.65. The lowest BCUT2D eigenvalue weighted by Crippen LogP contribution is -2.16. The quantitative estimate of drug-likeness (QED) is 0.439. The van der Waals surface area contributed by atoms with E-state index < -0.39 is 0 Å². The van der Waals surface area contributed by atoms with Gasteiger partial charge in [-0.15, -0.1) is 0 Å². The smallest absolute Gasteiger partial charge is 0.348 e. The molecule has 1 aromatic heterocycles. The molecule has 0 spiro atoms. The summed E-state index contributed by atoms with van der Waals surface area (Å²) in [5.74, 6) is 1.14. The summed E-state index contributed by atoms with van der Waals surface area (Å²) in [5.41, 5.74) is 3.87. The van der Waals surface area contributed by atoms with Crippen molar-refractivity contribution in [3.8, 4) is 28.6 Å². The molecule has 0 aliphatic rings. The molecule has 3 rings (SSSR count). The van der Waals surface area contributed by atoms with Crippen LogP contribution in [-0.4, -0.2) is 46.0 Å². The molecule has 8 heteroatoms. The number of nitrogens with one attached hydrogen (secondary N) is 1. The summed E-state index contributed by atoms with van der Waals surface area (Å²) in [5, 5.41) is 24.3. The third kappa shape index (κ3) is 7.68. The van der Waals surface area contributed by atoms with Crippen molar-refractivity contribution in [1.29, 1.82) is 0 Å². The van der Waals surface area contributed by atoms with Crippen molar-refractivity contribution >= 4 is 12.9 Å². The topological polar surface area (TPSA) is 117 Å². The molecule has 0 saturated carbocycles. The highest BCUT2D eigenvalue weighted by Gasteiger charge is 2.20. The van der Waals surface area contributed by atoms with Crippen LogP contribution in [0.25, 0.3) is 23.2 Å². The predicted octanol–water partition coefficient (Wildman–Crippen LogP) is 5.25. The van der Waals surface area contributed by atoms with E-state index in [2.05, 4.69) is 23.2 Å². The number of aliphatic hydroxyl groups is 1. The molecule has 192 valence electrons. The number of methoxy groups -OCH3 is 1. The Bertz CT molecular complexity index is 1130. The van der Waals surface area contributed by atoms with E-state index in [9.17, 15) is 9.90 Å². The standard InChI is InChI=1S/C23H27N3O3.C2H6.CH4O.CH2O/c1-6-7-8-16-11-17(10-9-15(16)4)26-22(24-25-23(26)28)19-12-18(14(2)3)21(29-5)13-20(19)27;3*1-2/h7-14,27H,6H2,1-5H3,(H,25,28);1-2H3;2H,1H3;1H2/b8-7-;;;. The maximum absolute atomic E-state index is 12.6. The summed E-state index contributed by atoms with van der Waals surface area (Å²) in [4.78, 5) is 20.6. The summed E-state index contributed by atoms with van der Waals surface area (Å²) in [6, 6.07) is 9.20. The molecule has 1 heterocycles. The highest BCUT2D eigenvalue weighted by Crippen LogP contribution is 2.37. The number of carbonyl (C=O) groups excluding carboxylic acids is 1. The second-order valence-corrected chi connectivity index (χ2v) is 7.31. The summed E-state index contributed by atoms with van der Waals surface area (Å²) in [6.45, 7) is 14.2. The number of carbonyl (C=O) groups is 1. The number of benzene rings is 2. The number of hydrogen-bond acceptors (Lipinski definition) is 6. The number of ether oxygens (including phenoxy) is 1. The van der Waals surface area contributed by atoms with Gasteiger partial charge < -0.3 is 19.7 Å². The molecule has 35 heavy (non-hydrogen) atoms. The van der Waals surface area contributed by atoms with E-state index in [0.717, 1.165) is 30.2 Å². The van der Waals surface area contributed by atoms with Crippen LogP contribution < -0.4 is 10.4 Å².